The second-order valence-electron chi connectivity index (χ2n) is 4.36. The van der Waals surface area contributed by atoms with Gasteiger partial charge in [-0.25, -0.2) is 0 Å². The van der Waals surface area contributed by atoms with Crippen molar-refractivity contribution in [1.29, 1.82) is 0 Å². The maximum atomic E-state index is 12.0. The molecule has 0 saturated carbocycles. The third-order valence-electron chi connectivity index (χ3n) is 2.83. The third kappa shape index (κ3) is 3.05. The van der Waals surface area contributed by atoms with Crippen molar-refractivity contribution in [2.24, 2.45) is 12.8 Å². The Morgan fingerprint density at radius 3 is 2.56 bits per heavy atom. The quantitative estimate of drug-likeness (QED) is 0.806. The Morgan fingerprint density at radius 2 is 2.00 bits per heavy atom. The Hall–Kier alpha value is -1.94. The molecule has 0 atom stereocenters. The highest BCUT2D eigenvalue weighted by molar-refractivity contribution is 5.97. The summed E-state index contributed by atoms with van der Waals surface area (Å²) in [4.78, 5) is 12.0. The van der Waals surface area contributed by atoms with Crippen molar-refractivity contribution in [3.8, 4) is 0 Å². The minimum Gasteiger partial charge on any atom is -0.330 e. The van der Waals surface area contributed by atoms with Crippen molar-refractivity contribution >= 4 is 5.78 Å². The number of ketones is 1. The van der Waals surface area contributed by atoms with Gasteiger partial charge in [-0.1, -0.05) is 24.3 Å². The van der Waals surface area contributed by atoms with Crippen LogP contribution in [0.4, 0.5) is 0 Å². The molecule has 0 amide bonds. The number of carbonyl (C=O) groups excluding carboxylic acids is 1. The number of benzene rings is 1. The van der Waals surface area contributed by atoms with E-state index in [0.29, 0.717) is 13.0 Å². The highest BCUT2D eigenvalue weighted by Gasteiger charge is 2.08. The van der Waals surface area contributed by atoms with E-state index in [1.165, 1.54) is 0 Å². The smallest absolute Gasteiger partial charge is 0.167 e. The van der Waals surface area contributed by atoms with Gasteiger partial charge in [0.15, 0.2) is 5.78 Å². The van der Waals surface area contributed by atoms with Crippen LogP contribution >= 0.6 is 0 Å². The summed E-state index contributed by atoms with van der Waals surface area (Å²) < 4.78 is 1.70. The highest BCUT2D eigenvalue weighted by atomic mass is 16.1. The average Bonchev–Trinajstić information content (AvgIpc) is 2.76. The van der Waals surface area contributed by atoms with E-state index in [-0.39, 0.29) is 5.78 Å². The topological polar surface area (TPSA) is 60.9 Å². The monoisotopic (exact) mass is 243 g/mol. The fourth-order valence-corrected chi connectivity index (χ4v) is 1.87. The zero-order valence-electron chi connectivity index (χ0n) is 10.5. The molecule has 2 rings (SSSR count). The van der Waals surface area contributed by atoms with Gasteiger partial charge in [0.25, 0.3) is 0 Å². The molecular weight excluding hydrogens is 226 g/mol. The standard InChI is InChI=1S/C14H17N3O/c1-17-10-12(9-16-17)8-14(18)13-4-2-11(3-5-13)6-7-15/h2-5,9-10H,6-8,15H2,1H3. The number of Topliss-reactive ketones (excluding diaryl/α,β-unsaturated/α-hetero) is 1. The Kier molecular flexibility index (Phi) is 3.89. The molecule has 0 aliphatic heterocycles. The Balaban J connectivity index is 2.04. The predicted octanol–water partition coefficient (Wildman–Crippen LogP) is 1.35. The van der Waals surface area contributed by atoms with Gasteiger partial charge in [0, 0.05) is 25.2 Å². The van der Waals surface area contributed by atoms with Crippen LogP contribution in [0.2, 0.25) is 0 Å². The summed E-state index contributed by atoms with van der Waals surface area (Å²) >= 11 is 0. The SMILES string of the molecule is Cn1cc(CC(=O)c2ccc(CCN)cc2)cn1. The zero-order chi connectivity index (χ0) is 13.0. The molecule has 0 aliphatic carbocycles. The fraction of sp³-hybridized carbons (Fsp3) is 0.286. The molecule has 1 heterocycles. The second kappa shape index (κ2) is 5.60. The van der Waals surface area contributed by atoms with Crippen molar-refractivity contribution in [2.75, 3.05) is 6.54 Å². The molecule has 0 bridgehead atoms. The molecule has 1 aromatic heterocycles. The van der Waals surface area contributed by atoms with Crippen molar-refractivity contribution in [3.63, 3.8) is 0 Å². The van der Waals surface area contributed by atoms with Crippen LogP contribution in [0, 0.1) is 0 Å². The van der Waals surface area contributed by atoms with Crippen LogP contribution in [0.25, 0.3) is 0 Å². The summed E-state index contributed by atoms with van der Waals surface area (Å²) in [7, 11) is 1.84. The van der Waals surface area contributed by atoms with Gasteiger partial charge >= 0.3 is 0 Å². The van der Waals surface area contributed by atoms with Crippen LogP contribution in [-0.4, -0.2) is 22.1 Å². The minimum absolute atomic E-state index is 0.113. The molecule has 18 heavy (non-hydrogen) atoms. The minimum atomic E-state index is 0.113. The molecule has 2 N–H and O–H groups in total. The maximum Gasteiger partial charge on any atom is 0.167 e. The van der Waals surface area contributed by atoms with Gasteiger partial charge in [-0.3, -0.25) is 9.48 Å². The van der Waals surface area contributed by atoms with E-state index < -0.39 is 0 Å². The van der Waals surface area contributed by atoms with Crippen LogP contribution in [-0.2, 0) is 19.9 Å². The average molecular weight is 243 g/mol. The molecule has 0 radical (unpaired) electrons. The molecule has 0 saturated heterocycles. The van der Waals surface area contributed by atoms with Crippen molar-refractivity contribution < 1.29 is 4.79 Å². The second-order valence-corrected chi connectivity index (χ2v) is 4.36. The lowest BCUT2D eigenvalue weighted by molar-refractivity contribution is 0.0993. The summed E-state index contributed by atoms with van der Waals surface area (Å²) in [6, 6.07) is 7.65. The lowest BCUT2D eigenvalue weighted by Crippen LogP contribution is -2.05. The lowest BCUT2D eigenvalue weighted by atomic mass is 10.0. The first-order chi connectivity index (χ1) is 8.69. The van der Waals surface area contributed by atoms with Gasteiger partial charge in [-0.15, -0.1) is 0 Å². The third-order valence-corrected chi connectivity index (χ3v) is 2.83. The van der Waals surface area contributed by atoms with Crippen molar-refractivity contribution in [2.45, 2.75) is 12.8 Å². The van der Waals surface area contributed by atoms with Crippen molar-refractivity contribution in [1.82, 2.24) is 9.78 Å². The molecule has 2 aromatic rings. The zero-order valence-corrected chi connectivity index (χ0v) is 10.5. The van der Waals surface area contributed by atoms with E-state index in [1.54, 1.807) is 10.9 Å². The molecule has 1 aromatic carbocycles. The van der Waals surface area contributed by atoms with Crippen LogP contribution in [0.3, 0.4) is 0 Å². The number of hydrogen-bond donors (Lipinski definition) is 1. The summed E-state index contributed by atoms with van der Waals surface area (Å²) in [5.74, 6) is 0.113. The fourth-order valence-electron chi connectivity index (χ4n) is 1.87. The molecule has 4 heteroatoms. The number of aryl methyl sites for hydroxylation is 1. The largest absolute Gasteiger partial charge is 0.330 e. The van der Waals surface area contributed by atoms with Crippen LogP contribution in [0.5, 0.6) is 0 Å². The summed E-state index contributed by atoms with van der Waals surface area (Å²) in [6.07, 6.45) is 4.82. The number of hydrogen-bond acceptors (Lipinski definition) is 3. The first kappa shape index (κ1) is 12.5. The molecular formula is C14H17N3O. The Labute approximate surface area is 106 Å². The molecule has 4 nitrogen and oxygen atoms in total. The maximum absolute atomic E-state index is 12.0. The Morgan fingerprint density at radius 1 is 1.28 bits per heavy atom. The summed E-state index contributed by atoms with van der Waals surface area (Å²) in [6.45, 7) is 0.628. The van der Waals surface area contributed by atoms with Gasteiger partial charge in [0.2, 0.25) is 0 Å². The van der Waals surface area contributed by atoms with Gasteiger partial charge in [-0.2, -0.15) is 5.10 Å². The highest BCUT2D eigenvalue weighted by Crippen LogP contribution is 2.09. The molecule has 0 fully saturated rings. The first-order valence-electron chi connectivity index (χ1n) is 5.99. The number of aromatic nitrogens is 2. The van der Waals surface area contributed by atoms with Gasteiger partial charge in [-0.05, 0) is 24.1 Å². The van der Waals surface area contributed by atoms with E-state index in [2.05, 4.69) is 5.10 Å². The molecule has 0 spiro atoms. The van der Waals surface area contributed by atoms with E-state index in [1.807, 2.05) is 37.5 Å². The Bertz CT molecular complexity index is 528. The number of carbonyl (C=O) groups is 1. The van der Waals surface area contributed by atoms with Crippen molar-refractivity contribution in [3.05, 3.63) is 53.3 Å². The number of nitrogens with zero attached hydrogens (tertiary/aromatic N) is 2. The molecule has 0 unspecified atom stereocenters. The van der Waals surface area contributed by atoms with Crippen LogP contribution in [0.15, 0.2) is 36.7 Å². The van der Waals surface area contributed by atoms with E-state index in [0.717, 1.165) is 23.1 Å². The van der Waals surface area contributed by atoms with Crippen LogP contribution < -0.4 is 5.73 Å². The number of rotatable bonds is 5. The lowest BCUT2D eigenvalue weighted by Gasteiger charge is -2.02. The van der Waals surface area contributed by atoms with Gasteiger partial charge in [0.1, 0.15) is 0 Å². The van der Waals surface area contributed by atoms with E-state index in [9.17, 15) is 4.79 Å². The molecule has 94 valence electrons. The van der Waals surface area contributed by atoms with E-state index in [4.69, 9.17) is 5.73 Å². The summed E-state index contributed by atoms with van der Waals surface area (Å²) in [5, 5.41) is 4.05. The number of nitrogens with two attached hydrogens (primary N) is 1. The van der Waals surface area contributed by atoms with Gasteiger partial charge < -0.3 is 5.73 Å². The molecule has 0 aliphatic rings. The first-order valence-corrected chi connectivity index (χ1v) is 5.99. The van der Waals surface area contributed by atoms with Gasteiger partial charge in [0.05, 0.1) is 6.20 Å². The predicted molar refractivity (Wildman–Crippen MR) is 70.4 cm³/mol. The van der Waals surface area contributed by atoms with Crippen LogP contribution in [0.1, 0.15) is 21.5 Å². The summed E-state index contributed by atoms with van der Waals surface area (Å²) in [5.41, 5.74) is 8.32. The normalized spacial score (nSPS) is 10.6. The van der Waals surface area contributed by atoms with E-state index >= 15 is 0 Å².